The van der Waals surface area contributed by atoms with Crippen molar-refractivity contribution in [2.75, 3.05) is 5.32 Å². The van der Waals surface area contributed by atoms with Gasteiger partial charge in [0.05, 0.1) is 10.9 Å². The number of thioether (sulfide) groups is 1. The van der Waals surface area contributed by atoms with Crippen LogP contribution in [0.4, 0.5) is 5.13 Å². The second-order valence-electron chi connectivity index (χ2n) is 8.15. The Morgan fingerprint density at radius 3 is 2.44 bits per heavy atom. The van der Waals surface area contributed by atoms with Gasteiger partial charge in [-0.05, 0) is 19.2 Å². The standard InChI is InChI=1S/C26H19N5OS2/c1-14-9-11-16(12-10-14)20-13-33-25(27-20)29-24(32)15(2)34-26-28-22-18-7-3-5-17-6-4-8-19(21(17)18)23(22)30-31-26/h3-13,15H,1-2H3,(H,27,29,32). The van der Waals surface area contributed by atoms with E-state index in [2.05, 4.69) is 63.8 Å². The van der Waals surface area contributed by atoms with Gasteiger partial charge in [-0.15, -0.1) is 21.5 Å². The van der Waals surface area contributed by atoms with Crippen molar-refractivity contribution in [1.82, 2.24) is 20.2 Å². The van der Waals surface area contributed by atoms with Crippen molar-refractivity contribution in [2.24, 2.45) is 0 Å². The van der Waals surface area contributed by atoms with E-state index >= 15 is 0 Å². The van der Waals surface area contributed by atoms with E-state index in [0.717, 1.165) is 44.5 Å². The van der Waals surface area contributed by atoms with Crippen molar-refractivity contribution in [3.8, 4) is 33.8 Å². The lowest BCUT2D eigenvalue weighted by Gasteiger charge is -2.09. The Labute approximate surface area is 204 Å². The largest absolute Gasteiger partial charge is 0.301 e. The van der Waals surface area contributed by atoms with E-state index in [9.17, 15) is 4.79 Å². The SMILES string of the molecule is Cc1ccc(-c2csc(NC(=O)C(C)Sc3nnc4c(n3)-c3cccc5cccc-4c35)n2)cc1. The van der Waals surface area contributed by atoms with Crippen molar-refractivity contribution in [2.45, 2.75) is 24.3 Å². The van der Waals surface area contributed by atoms with Gasteiger partial charge in [-0.2, -0.15) is 0 Å². The van der Waals surface area contributed by atoms with Crippen LogP contribution in [0.3, 0.4) is 0 Å². The van der Waals surface area contributed by atoms with Gasteiger partial charge in [0, 0.05) is 27.5 Å². The van der Waals surface area contributed by atoms with Crippen LogP contribution in [0.25, 0.3) is 44.5 Å². The number of carbonyl (C=O) groups excluding carboxylic acids is 1. The number of hydrogen-bond donors (Lipinski definition) is 1. The van der Waals surface area contributed by atoms with Crippen LogP contribution in [-0.4, -0.2) is 31.3 Å². The second-order valence-corrected chi connectivity index (χ2v) is 10.3. The Kier molecular flexibility index (Phi) is 5.12. The number of anilines is 1. The number of fused-ring (bicyclic) bond motifs is 3. The maximum absolute atomic E-state index is 12.8. The summed E-state index contributed by atoms with van der Waals surface area (Å²) in [7, 11) is 0. The van der Waals surface area contributed by atoms with Crippen LogP contribution in [0.1, 0.15) is 12.5 Å². The summed E-state index contributed by atoms with van der Waals surface area (Å²) in [4.78, 5) is 22.2. The van der Waals surface area contributed by atoms with Crippen molar-refractivity contribution in [3.05, 3.63) is 71.6 Å². The zero-order valence-corrected chi connectivity index (χ0v) is 20.1. The summed E-state index contributed by atoms with van der Waals surface area (Å²) in [6.07, 6.45) is 0. The Morgan fingerprint density at radius 1 is 0.941 bits per heavy atom. The van der Waals surface area contributed by atoms with E-state index in [1.54, 1.807) is 0 Å². The molecular formula is C26H19N5OS2. The first-order chi connectivity index (χ1) is 16.6. The summed E-state index contributed by atoms with van der Waals surface area (Å²) in [5.74, 6) is -0.149. The van der Waals surface area contributed by atoms with Crippen LogP contribution in [0.15, 0.2) is 71.2 Å². The molecule has 0 fully saturated rings. The van der Waals surface area contributed by atoms with Crippen molar-refractivity contribution >= 4 is 44.9 Å². The molecule has 0 bridgehead atoms. The van der Waals surface area contributed by atoms with Gasteiger partial charge in [-0.3, -0.25) is 4.79 Å². The van der Waals surface area contributed by atoms with Gasteiger partial charge in [0.2, 0.25) is 11.1 Å². The van der Waals surface area contributed by atoms with Crippen LogP contribution in [0.2, 0.25) is 0 Å². The molecule has 2 heterocycles. The lowest BCUT2D eigenvalue weighted by Crippen LogP contribution is -2.22. The molecule has 1 aliphatic rings. The van der Waals surface area contributed by atoms with Crippen molar-refractivity contribution in [3.63, 3.8) is 0 Å². The van der Waals surface area contributed by atoms with Crippen LogP contribution >= 0.6 is 23.1 Å². The molecule has 0 radical (unpaired) electrons. The predicted octanol–water partition coefficient (Wildman–Crippen LogP) is 6.22. The molecule has 1 atom stereocenters. The summed E-state index contributed by atoms with van der Waals surface area (Å²) in [6, 6.07) is 20.5. The maximum atomic E-state index is 12.8. The molecule has 0 aliphatic heterocycles. The molecule has 0 saturated heterocycles. The van der Waals surface area contributed by atoms with Crippen LogP contribution in [-0.2, 0) is 4.79 Å². The molecular weight excluding hydrogens is 462 g/mol. The Bertz CT molecular complexity index is 1560. The predicted molar refractivity (Wildman–Crippen MR) is 138 cm³/mol. The Balaban J connectivity index is 1.19. The summed E-state index contributed by atoms with van der Waals surface area (Å²) in [5, 5.41) is 16.6. The summed E-state index contributed by atoms with van der Waals surface area (Å²) in [6.45, 7) is 3.88. The number of nitrogens with one attached hydrogen (secondary N) is 1. The zero-order valence-electron chi connectivity index (χ0n) is 18.4. The van der Waals surface area contributed by atoms with E-state index in [4.69, 9.17) is 4.98 Å². The number of amides is 1. The number of benzene rings is 3. The molecule has 1 unspecified atom stereocenters. The number of rotatable bonds is 5. The third-order valence-electron chi connectivity index (χ3n) is 5.82. The topological polar surface area (TPSA) is 80.7 Å². The summed E-state index contributed by atoms with van der Waals surface area (Å²) < 4.78 is 0. The van der Waals surface area contributed by atoms with Gasteiger partial charge < -0.3 is 5.32 Å². The molecule has 2 aromatic heterocycles. The fraction of sp³-hybridized carbons (Fsp3) is 0.115. The first kappa shape index (κ1) is 20.9. The zero-order chi connectivity index (χ0) is 23.2. The number of thiazole rings is 1. The third-order valence-corrected chi connectivity index (χ3v) is 7.52. The summed E-state index contributed by atoms with van der Waals surface area (Å²) >= 11 is 2.70. The molecule has 3 aromatic carbocycles. The van der Waals surface area contributed by atoms with Gasteiger partial charge in [0.15, 0.2) is 5.13 Å². The first-order valence-corrected chi connectivity index (χ1v) is 12.6. The van der Waals surface area contributed by atoms with E-state index in [0.29, 0.717) is 10.3 Å². The molecule has 0 spiro atoms. The fourth-order valence-corrected chi connectivity index (χ4v) is 5.51. The Hall–Kier alpha value is -3.62. The number of aryl methyl sites for hydroxylation is 1. The molecule has 6 nitrogen and oxygen atoms in total. The maximum Gasteiger partial charge on any atom is 0.239 e. The van der Waals surface area contributed by atoms with E-state index in [1.165, 1.54) is 28.7 Å². The highest BCUT2D eigenvalue weighted by Crippen LogP contribution is 2.45. The van der Waals surface area contributed by atoms with Gasteiger partial charge in [-0.1, -0.05) is 78.0 Å². The molecule has 8 heteroatoms. The van der Waals surface area contributed by atoms with E-state index in [1.807, 2.05) is 36.6 Å². The minimum absolute atomic E-state index is 0.149. The first-order valence-electron chi connectivity index (χ1n) is 10.8. The summed E-state index contributed by atoms with van der Waals surface area (Å²) in [5.41, 5.74) is 6.79. The highest BCUT2D eigenvalue weighted by molar-refractivity contribution is 8.00. The van der Waals surface area contributed by atoms with Crippen molar-refractivity contribution < 1.29 is 4.79 Å². The van der Waals surface area contributed by atoms with Crippen LogP contribution in [0.5, 0.6) is 0 Å². The Morgan fingerprint density at radius 2 is 1.68 bits per heavy atom. The molecule has 1 amide bonds. The van der Waals surface area contributed by atoms with Crippen molar-refractivity contribution in [1.29, 1.82) is 0 Å². The fourth-order valence-electron chi connectivity index (χ4n) is 4.07. The normalized spacial score (nSPS) is 12.5. The average Bonchev–Trinajstić information content (AvgIpc) is 3.44. The third kappa shape index (κ3) is 3.65. The highest BCUT2D eigenvalue weighted by Gasteiger charge is 2.26. The smallest absolute Gasteiger partial charge is 0.239 e. The average molecular weight is 482 g/mol. The highest BCUT2D eigenvalue weighted by atomic mass is 32.2. The molecule has 1 N–H and O–H groups in total. The van der Waals surface area contributed by atoms with Gasteiger partial charge in [-0.25, -0.2) is 9.97 Å². The van der Waals surface area contributed by atoms with E-state index in [-0.39, 0.29) is 5.91 Å². The van der Waals surface area contributed by atoms with Crippen LogP contribution in [0, 0.1) is 6.92 Å². The minimum Gasteiger partial charge on any atom is -0.301 e. The number of carbonyl (C=O) groups is 1. The van der Waals surface area contributed by atoms with Crippen LogP contribution < -0.4 is 5.32 Å². The minimum atomic E-state index is -0.411. The lowest BCUT2D eigenvalue weighted by molar-refractivity contribution is -0.115. The van der Waals surface area contributed by atoms with Gasteiger partial charge in [0.1, 0.15) is 11.4 Å². The van der Waals surface area contributed by atoms with Gasteiger partial charge in [0.25, 0.3) is 0 Å². The monoisotopic (exact) mass is 481 g/mol. The molecule has 0 saturated carbocycles. The quantitative estimate of drug-likeness (QED) is 0.294. The molecule has 1 aliphatic carbocycles. The number of hydrogen-bond acceptors (Lipinski definition) is 7. The second kappa shape index (κ2) is 8.30. The van der Waals surface area contributed by atoms with E-state index < -0.39 is 5.25 Å². The molecule has 166 valence electrons. The molecule has 34 heavy (non-hydrogen) atoms. The molecule has 6 rings (SSSR count). The molecule has 5 aromatic rings. The lowest BCUT2D eigenvalue weighted by atomic mass is 10.0. The van der Waals surface area contributed by atoms with Gasteiger partial charge >= 0.3 is 0 Å². The number of aromatic nitrogens is 4. The number of nitrogens with zero attached hydrogens (tertiary/aromatic N) is 4.